The third-order valence-electron chi connectivity index (χ3n) is 2.52. The molecule has 5 heteroatoms. The van der Waals surface area contributed by atoms with Crippen molar-refractivity contribution in [2.75, 3.05) is 20.2 Å². The van der Waals surface area contributed by atoms with Crippen LogP contribution in [0.4, 0.5) is 0 Å². The summed E-state index contributed by atoms with van der Waals surface area (Å²) in [6.45, 7) is 1.12. The lowest BCUT2D eigenvalue weighted by atomic mass is 10.1. The molecule has 0 aromatic heterocycles. The SMILES string of the molecule is CNC(=O)CCCOc1ccc(Br)cc1CCN. The molecular formula is C13H19BrN2O2. The second-order valence-electron chi connectivity index (χ2n) is 3.92. The molecule has 0 aliphatic rings. The van der Waals surface area contributed by atoms with Crippen molar-refractivity contribution >= 4 is 21.8 Å². The van der Waals surface area contributed by atoms with Crippen molar-refractivity contribution in [3.8, 4) is 5.75 Å². The number of benzene rings is 1. The van der Waals surface area contributed by atoms with Gasteiger partial charge in [-0.2, -0.15) is 0 Å². The van der Waals surface area contributed by atoms with E-state index in [9.17, 15) is 4.79 Å². The third kappa shape index (κ3) is 5.06. The van der Waals surface area contributed by atoms with E-state index in [1.54, 1.807) is 7.05 Å². The number of nitrogens with two attached hydrogens (primary N) is 1. The summed E-state index contributed by atoms with van der Waals surface area (Å²) in [6, 6.07) is 5.88. The summed E-state index contributed by atoms with van der Waals surface area (Å²) in [5.74, 6) is 0.886. The van der Waals surface area contributed by atoms with Crippen molar-refractivity contribution in [2.45, 2.75) is 19.3 Å². The zero-order chi connectivity index (χ0) is 13.4. The molecule has 0 aliphatic carbocycles. The van der Waals surface area contributed by atoms with Crippen molar-refractivity contribution in [3.05, 3.63) is 28.2 Å². The van der Waals surface area contributed by atoms with Crippen LogP contribution in [0.15, 0.2) is 22.7 Å². The van der Waals surface area contributed by atoms with Crippen molar-refractivity contribution in [2.24, 2.45) is 5.73 Å². The highest BCUT2D eigenvalue weighted by molar-refractivity contribution is 9.10. The van der Waals surface area contributed by atoms with Gasteiger partial charge in [0, 0.05) is 17.9 Å². The lowest BCUT2D eigenvalue weighted by Gasteiger charge is -2.11. The minimum Gasteiger partial charge on any atom is -0.493 e. The van der Waals surface area contributed by atoms with Gasteiger partial charge >= 0.3 is 0 Å². The van der Waals surface area contributed by atoms with Gasteiger partial charge in [0.2, 0.25) is 5.91 Å². The molecular weight excluding hydrogens is 296 g/mol. The third-order valence-corrected chi connectivity index (χ3v) is 3.01. The lowest BCUT2D eigenvalue weighted by Crippen LogP contribution is -2.18. The van der Waals surface area contributed by atoms with Crippen molar-refractivity contribution in [3.63, 3.8) is 0 Å². The fourth-order valence-electron chi connectivity index (χ4n) is 1.58. The Morgan fingerprint density at radius 2 is 2.28 bits per heavy atom. The zero-order valence-electron chi connectivity index (χ0n) is 10.5. The van der Waals surface area contributed by atoms with E-state index >= 15 is 0 Å². The molecule has 0 spiro atoms. The van der Waals surface area contributed by atoms with Gasteiger partial charge in [-0.3, -0.25) is 4.79 Å². The van der Waals surface area contributed by atoms with Crippen LogP contribution >= 0.6 is 15.9 Å². The normalized spacial score (nSPS) is 10.2. The average Bonchev–Trinajstić information content (AvgIpc) is 2.36. The van der Waals surface area contributed by atoms with Gasteiger partial charge in [0.05, 0.1) is 6.61 Å². The molecule has 0 saturated heterocycles. The lowest BCUT2D eigenvalue weighted by molar-refractivity contribution is -0.120. The van der Waals surface area contributed by atoms with Gasteiger partial charge in [-0.05, 0) is 43.1 Å². The average molecular weight is 315 g/mol. The number of rotatable bonds is 7. The highest BCUT2D eigenvalue weighted by Gasteiger charge is 2.04. The topological polar surface area (TPSA) is 64.3 Å². The van der Waals surface area contributed by atoms with E-state index in [4.69, 9.17) is 10.5 Å². The minimum atomic E-state index is 0.0385. The van der Waals surface area contributed by atoms with Crippen LogP contribution in [0.2, 0.25) is 0 Å². The van der Waals surface area contributed by atoms with Gasteiger partial charge in [-0.25, -0.2) is 0 Å². The molecule has 0 radical (unpaired) electrons. The predicted octanol–water partition coefficient (Wildman–Crippen LogP) is 1.86. The van der Waals surface area contributed by atoms with Gasteiger partial charge in [0.25, 0.3) is 0 Å². The summed E-state index contributed by atoms with van der Waals surface area (Å²) in [5, 5.41) is 2.59. The zero-order valence-corrected chi connectivity index (χ0v) is 12.1. The maximum absolute atomic E-state index is 11.0. The highest BCUT2D eigenvalue weighted by atomic mass is 79.9. The molecule has 0 aliphatic heterocycles. The molecule has 0 heterocycles. The van der Waals surface area contributed by atoms with E-state index < -0.39 is 0 Å². The molecule has 0 atom stereocenters. The van der Waals surface area contributed by atoms with E-state index in [2.05, 4.69) is 21.2 Å². The maximum atomic E-state index is 11.0. The van der Waals surface area contributed by atoms with Crippen LogP contribution in [0.3, 0.4) is 0 Å². The summed E-state index contributed by atoms with van der Waals surface area (Å²) >= 11 is 3.43. The van der Waals surface area contributed by atoms with Crippen LogP contribution in [0.5, 0.6) is 5.75 Å². The molecule has 1 amide bonds. The molecule has 1 aromatic carbocycles. The second kappa shape index (κ2) is 8.11. The molecule has 0 bridgehead atoms. The van der Waals surface area contributed by atoms with Crippen LogP contribution in [-0.2, 0) is 11.2 Å². The molecule has 1 aromatic rings. The Labute approximate surface area is 116 Å². The Morgan fingerprint density at radius 3 is 2.94 bits per heavy atom. The van der Waals surface area contributed by atoms with E-state index in [1.807, 2.05) is 18.2 Å². The maximum Gasteiger partial charge on any atom is 0.219 e. The Balaban J connectivity index is 2.48. The van der Waals surface area contributed by atoms with Crippen LogP contribution in [-0.4, -0.2) is 26.1 Å². The number of amides is 1. The van der Waals surface area contributed by atoms with Crippen molar-refractivity contribution in [1.82, 2.24) is 5.32 Å². The molecule has 3 N–H and O–H groups in total. The summed E-state index contributed by atoms with van der Waals surface area (Å²) < 4.78 is 6.70. The first-order valence-electron chi connectivity index (χ1n) is 5.99. The van der Waals surface area contributed by atoms with E-state index in [1.165, 1.54) is 0 Å². The Bertz CT molecular complexity index is 397. The number of carbonyl (C=O) groups is 1. The first kappa shape index (κ1) is 15.0. The van der Waals surface area contributed by atoms with Crippen LogP contribution in [0, 0.1) is 0 Å². The first-order valence-corrected chi connectivity index (χ1v) is 6.78. The van der Waals surface area contributed by atoms with E-state index in [0.29, 0.717) is 26.0 Å². The number of hydrogen-bond acceptors (Lipinski definition) is 3. The van der Waals surface area contributed by atoms with E-state index in [0.717, 1.165) is 22.2 Å². The standard InChI is InChI=1S/C13H19BrN2O2/c1-16-13(17)3-2-8-18-12-5-4-11(14)9-10(12)6-7-15/h4-5,9H,2-3,6-8,15H2,1H3,(H,16,17). The van der Waals surface area contributed by atoms with Gasteiger partial charge in [-0.15, -0.1) is 0 Å². The smallest absolute Gasteiger partial charge is 0.219 e. The van der Waals surface area contributed by atoms with Gasteiger partial charge in [0.15, 0.2) is 0 Å². The summed E-state index contributed by atoms with van der Waals surface area (Å²) in [5.41, 5.74) is 6.66. The van der Waals surface area contributed by atoms with Crippen LogP contribution in [0.1, 0.15) is 18.4 Å². The highest BCUT2D eigenvalue weighted by Crippen LogP contribution is 2.23. The van der Waals surface area contributed by atoms with Gasteiger partial charge in [-0.1, -0.05) is 15.9 Å². The fraction of sp³-hybridized carbons (Fsp3) is 0.462. The molecule has 1 rings (SSSR count). The second-order valence-corrected chi connectivity index (χ2v) is 4.83. The Kier molecular flexibility index (Phi) is 6.75. The molecule has 18 heavy (non-hydrogen) atoms. The monoisotopic (exact) mass is 314 g/mol. The minimum absolute atomic E-state index is 0.0385. The van der Waals surface area contributed by atoms with Gasteiger partial charge < -0.3 is 15.8 Å². The number of ether oxygens (including phenoxy) is 1. The molecule has 4 nitrogen and oxygen atoms in total. The molecule has 100 valence electrons. The Hall–Kier alpha value is -1.07. The predicted molar refractivity (Wildman–Crippen MR) is 75.7 cm³/mol. The molecule has 0 saturated carbocycles. The quantitative estimate of drug-likeness (QED) is 0.755. The largest absolute Gasteiger partial charge is 0.493 e. The van der Waals surface area contributed by atoms with Crippen molar-refractivity contribution < 1.29 is 9.53 Å². The van der Waals surface area contributed by atoms with Crippen LogP contribution in [0.25, 0.3) is 0 Å². The number of nitrogens with one attached hydrogen (secondary N) is 1. The number of carbonyl (C=O) groups excluding carboxylic acids is 1. The fourth-order valence-corrected chi connectivity index (χ4v) is 1.99. The molecule has 0 unspecified atom stereocenters. The van der Waals surface area contributed by atoms with Crippen molar-refractivity contribution in [1.29, 1.82) is 0 Å². The summed E-state index contributed by atoms with van der Waals surface area (Å²) in [7, 11) is 1.64. The Morgan fingerprint density at radius 1 is 1.50 bits per heavy atom. The van der Waals surface area contributed by atoms with Gasteiger partial charge in [0.1, 0.15) is 5.75 Å². The number of hydrogen-bond donors (Lipinski definition) is 2. The molecule has 0 fully saturated rings. The summed E-state index contributed by atoms with van der Waals surface area (Å²) in [4.78, 5) is 11.0. The summed E-state index contributed by atoms with van der Waals surface area (Å²) in [6.07, 6.45) is 1.97. The van der Waals surface area contributed by atoms with E-state index in [-0.39, 0.29) is 5.91 Å². The number of halogens is 1. The first-order chi connectivity index (χ1) is 8.67. The van der Waals surface area contributed by atoms with Crippen LogP contribution < -0.4 is 15.8 Å².